The van der Waals surface area contributed by atoms with Crippen molar-refractivity contribution in [1.29, 1.82) is 0 Å². The molecule has 0 saturated heterocycles. The van der Waals surface area contributed by atoms with Crippen LogP contribution >= 0.6 is 0 Å². The van der Waals surface area contributed by atoms with Crippen molar-refractivity contribution in [3.63, 3.8) is 0 Å². The van der Waals surface area contributed by atoms with Gasteiger partial charge in [-0.3, -0.25) is 0 Å². The van der Waals surface area contributed by atoms with E-state index >= 15 is 0 Å². The Labute approximate surface area is 75.7 Å². The van der Waals surface area contributed by atoms with Gasteiger partial charge in [0.2, 0.25) is 0 Å². The van der Waals surface area contributed by atoms with Crippen molar-refractivity contribution >= 4 is 43.8 Å². The predicted molar refractivity (Wildman–Crippen MR) is 20.8 cm³/mol. The summed E-state index contributed by atoms with van der Waals surface area (Å²) >= 11 is 0. The van der Waals surface area contributed by atoms with Crippen LogP contribution in [0, 0.1) is 0 Å². The summed E-state index contributed by atoms with van der Waals surface area (Å²) in [6, 6.07) is 0. The molecule has 0 unspecified atom stereocenters. The fourth-order valence-corrected chi connectivity index (χ4v) is 0. The van der Waals surface area contributed by atoms with Crippen LogP contribution in [0.2, 0.25) is 0 Å². The molecule has 0 atom stereocenters. The maximum absolute atomic E-state index is 8.78. The van der Waals surface area contributed by atoms with E-state index in [1.54, 1.807) is 0 Å². The van der Waals surface area contributed by atoms with Crippen LogP contribution in [0.4, 0.5) is 4.79 Å². The first-order valence-electron chi connectivity index (χ1n) is 0.716. The fourth-order valence-electron chi connectivity index (χ4n) is 0. The van der Waals surface area contributed by atoms with Crippen LogP contribution in [0.25, 0.3) is 0 Å². The van der Waals surface area contributed by atoms with Crippen LogP contribution in [-0.2, 0) is 17.1 Å². The zero-order valence-electron chi connectivity index (χ0n) is 2.29. The summed E-state index contributed by atoms with van der Waals surface area (Å²) in [6.45, 7) is 0. The molecule has 0 rings (SSSR count). The Bertz CT molecular complexity index is 36.5. The second kappa shape index (κ2) is 9.41. The van der Waals surface area contributed by atoms with Gasteiger partial charge in [-0.25, -0.2) is 4.79 Å². The Morgan fingerprint density at radius 2 is 1.67 bits per heavy atom. The molecule has 0 fully saturated rings. The summed E-state index contributed by atoms with van der Waals surface area (Å²) in [5, 5.41) is 7.19. The Balaban J connectivity index is -0.0000000450. The van der Waals surface area contributed by atoms with E-state index in [4.69, 9.17) is 9.90 Å². The first-order chi connectivity index (χ1) is 1.73. The Kier molecular flexibility index (Phi) is 24.7. The summed E-state index contributed by atoms with van der Waals surface area (Å²) < 4.78 is 0. The third-order valence-corrected chi connectivity index (χ3v) is 0. The summed E-state index contributed by atoms with van der Waals surface area (Å²) in [7, 11) is 0. The molecule has 0 aliphatic carbocycles. The Hall–Kier alpha value is 1.05. The van der Waals surface area contributed by atoms with Crippen LogP contribution in [0.3, 0.4) is 0 Å². The standard InChI is InChI=1S/CH3NO2.Ca.Fe.2H/c2-1(3)4;;;;/h2H2,(H,3,4);;;;. The van der Waals surface area contributed by atoms with Crippen molar-refractivity contribution in [3.8, 4) is 0 Å². The van der Waals surface area contributed by atoms with Crippen molar-refractivity contribution in [1.82, 2.24) is 0 Å². The number of nitrogens with two attached hydrogens (primary N) is 1. The molecule has 0 aromatic carbocycles. The van der Waals surface area contributed by atoms with Gasteiger partial charge in [-0.15, -0.1) is 0 Å². The Morgan fingerprint density at radius 1 is 1.67 bits per heavy atom. The van der Waals surface area contributed by atoms with Crippen molar-refractivity contribution in [3.05, 3.63) is 0 Å². The van der Waals surface area contributed by atoms with Gasteiger partial charge < -0.3 is 10.8 Å². The zero-order chi connectivity index (χ0) is 3.58. The van der Waals surface area contributed by atoms with Crippen LogP contribution in [0.5, 0.6) is 0 Å². The maximum Gasteiger partial charge on any atom is 0 e. The molecule has 5 heteroatoms. The van der Waals surface area contributed by atoms with Crippen molar-refractivity contribution < 1.29 is 27.0 Å². The minimum absolute atomic E-state index is 0. The first-order valence-corrected chi connectivity index (χ1v) is 0.716. The van der Waals surface area contributed by atoms with Crippen molar-refractivity contribution in [2.24, 2.45) is 5.73 Å². The first kappa shape index (κ1) is 15.7. The molecule has 3 N–H and O–H groups in total. The van der Waals surface area contributed by atoms with Gasteiger partial charge in [0, 0.05) is 17.1 Å². The van der Waals surface area contributed by atoms with Gasteiger partial charge in [-0.2, -0.15) is 0 Å². The van der Waals surface area contributed by atoms with Crippen LogP contribution in [0.15, 0.2) is 0 Å². The molecule has 0 saturated carbocycles. The molecule has 0 aliphatic rings. The largest absolute Gasteiger partial charge is 0 e. The van der Waals surface area contributed by atoms with E-state index in [9.17, 15) is 0 Å². The van der Waals surface area contributed by atoms with E-state index in [-0.39, 0.29) is 54.8 Å². The third-order valence-electron chi connectivity index (χ3n) is 0. The van der Waals surface area contributed by atoms with Gasteiger partial charge in [0.15, 0.2) is 0 Å². The van der Waals surface area contributed by atoms with E-state index in [0.717, 1.165) is 0 Å². The predicted octanol–water partition coefficient (Wildman–Crippen LogP) is -1.30. The normalized spacial score (nSPS) is 4.00. The van der Waals surface area contributed by atoms with E-state index in [2.05, 4.69) is 5.73 Å². The fraction of sp³-hybridized carbons (Fsp3) is 0. The van der Waals surface area contributed by atoms with Crippen molar-refractivity contribution in [2.45, 2.75) is 0 Å². The van der Waals surface area contributed by atoms with Gasteiger partial charge in [0.1, 0.15) is 0 Å². The van der Waals surface area contributed by atoms with Crippen LogP contribution in [-0.4, -0.2) is 48.9 Å². The van der Waals surface area contributed by atoms with E-state index in [1.807, 2.05) is 0 Å². The number of carbonyl (C=O) groups is 1. The molecular weight excluding hydrogens is 154 g/mol. The second-order valence-electron chi connectivity index (χ2n) is 0.338. The van der Waals surface area contributed by atoms with Crippen molar-refractivity contribution in [2.75, 3.05) is 0 Å². The van der Waals surface area contributed by atoms with Crippen LogP contribution in [0.1, 0.15) is 0 Å². The smallest absolute Gasteiger partial charge is 0 e. The molecule has 0 spiro atoms. The van der Waals surface area contributed by atoms with Crippen LogP contribution < -0.4 is 5.73 Å². The third kappa shape index (κ3) is 75.2. The zero-order valence-corrected chi connectivity index (χ0v) is 3.39. The second-order valence-corrected chi connectivity index (χ2v) is 0.338. The number of hydrogen-bond donors (Lipinski definition) is 2. The molecule has 6 heavy (non-hydrogen) atoms. The molecule has 0 aromatic rings. The summed E-state index contributed by atoms with van der Waals surface area (Å²) in [4.78, 5) is 8.78. The Morgan fingerprint density at radius 3 is 1.67 bits per heavy atom. The molecule has 0 aliphatic heterocycles. The number of carboxylic acid groups (broad SMARTS) is 1. The van der Waals surface area contributed by atoms with Gasteiger partial charge in [-0.1, -0.05) is 0 Å². The molecule has 0 radical (unpaired) electrons. The van der Waals surface area contributed by atoms with Gasteiger partial charge in [-0.05, 0) is 0 Å². The van der Waals surface area contributed by atoms with Gasteiger partial charge in [0.25, 0.3) is 0 Å². The number of rotatable bonds is 0. The minimum Gasteiger partial charge on any atom is 0 e. The molecule has 0 aromatic heterocycles. The minimum atomic E-state index is -1.33. The average molecular weight is 159 g/mol. The van der Waals surface area contributed by atoms with E-state index in [1.165, 1.54) is 0 Å². The maximum atomic E-state index is 8.78. The molecule has 0 heterocycles. The molecular formula is CH5CaFeNO2. The summed E-state index contributed by atoms with van der Waals surface area (Å²) in [6.07, 6.45) is -1.33. The quantitative estimate of drug-likeness (QED) is 0.431. The monoisotopic (exact) mass is 159 g/mol. The summed E-state index contributed by atoms with van der Waals surface area (Å²) in [5.74, 6) is 0. The summed E-state index contributed by atoms with van der Waals surface area (Å²) in [5.41, 5.74) is 4.03. The molecule has 36 valence electrons. The van der Waals surface area contributed by atoms with E-state index in [0.29, 0.717) is 0 Å². The molecule has 0 bridgehead atoms. The SMILES string of the molecule is NC(=O)O.[CaH2].[Fe]. The number of primary amides is 1. The molecule has 3 nitrogen and oxygen atoms in total. The topological polar surface area (TPSA) is 63.3 Å². The van der Waals surface area contributed by atoms with Gasteiger partial charge in [0.05, 0.1) is 0 Å². The van der Waals surface area contributed by atoms with E-state index < -0.39 is 6.09 Å². The van der Waals surface area contributed by atoms with Gasteiger partial charge >= 0.3 is 43.8 Å². The number of hydrogen-bond acceptors (Lipinski definition) is 1. The number of amides is 1. The average Bonchev–Trinajstić information content (AvgIpc) is 0.811. The molecule has 1 amide bonds.